The number of para-hydroxylation sites is 1. The number of fused-ring (bicyclic) bond motifs is 2. The van der Waals surface area contributed by atoms with Gasteiger partial charge in [-0.25, -0.2) is 4.98 Å². The van der Waals surface area contributed by atoms with Crippen LogP contribution in [0.1, 0.15) is 38.5 Å². The Hall–Kier alpha value is -2.17. The molecule has 2 heterocycles. The standard InChI is InChI=1S/C19H23N3O2/c23-18(22-11-5-7-14-6-1-4-10-17(14)22)12-21-13-20-16-9-3-2-8-15(16)19(21)24/h2-3,8-9,13-14,17H,1,4-7,10-12H2/t14-,17+/m0/s1. The minimum absolute atomic E-state index is 0.0609. The van der Waals surface area contributed by atoms with Crippen LogP contribution >= 0.6 is 0 Å². The lowest BCUT2D eigenvalue weighted by Gasteiger charge is -2.44. The Morgan fingerprint density at radius 2 is 1.92 bits per heavy atom. The number of rotatable bonds is 2. The van der Waals surface area contributed by atoms with Crippen LogP contribution in [0.3, 0.4) is 0 Å². The van der Waals surface area contributed by atoms with Crippen molar-refractivity contribution in [1.82, 2.24) is 14.5 Å². The van der Waals surface area contributed by atoms with Crippen molar-refractivity contribution in [1.29, 1.82) is 0 Å². The Kier molecular flexibility index (Phi) is 4.08. The number of carbonyl (C=O) groups is 1. The number of benzene rings is 1. The first-order valence-electron chi connectivity index (χ1n) is 8.98. The van der Waals surface area contributed by atoms with Crippen molar-refractivity contribution >= 4 is 16.8 Å². The van der Waals surface area contributed by atoms with E-state index in [-0.39, 0.29) is 18.0 Å². The van der Waals surface area contributed by atoms with Gasteiger partial charge in [0.15, 0.2) is 0 Å². The summed E-state index contributed by atoms with van der Waals surface area (Å²) in [6.45, 7) is 0.926. The summed E-state index contributed by atoms with van der Waals surface area (Å²) in [5, 5.41) is 0.571. The van der Waals surface area contributed by atoms with Gasteiger partial charge in [-0.1, -0.05) is 25.0 Å². The van der Waals surface area contributed by atoms with E-state index in [1.165, 1.54) is 36.6 Å². The summed E-state index contributed by atoms with van der Waals surface area (Å²) in [4.78, 5) is 31.8. The van der Waals surface area contributed by atoms with E-state index in [0.29, 0.717) is 22.9 Å². The molecule has 5 heteroatoms. The summed E-state index contributed by atoms with van der Waals surface area (Å²) < 4.78 is 1.46. The monoisotopic (exact) mass is 325 g/mol. The second-order valence-corrected chi connectivity index (χ2v) is 7.04. The Bertz CT molecular complexity index is 812. The number of nitrogens with zero attached hydrogens (tertiary/aromatic N) is 3. The molecule has 1 aliphatic heterocycles. The van der Waals surface area contributed by atoms with Crippen LogP contribution in [0, 0.1) is 5.92 Å². The highest BCUT2D eigenvalue weighted by molar-refractivity contribution is 5.79. The molecule has 5 nitrogen and oxygen atoms in total. The number of aromatic nitrogens is 2. The Morgan fingerprint density at radius 1 is 1.12 bits per heavy atom. The average molecular weight is 325 g/mol. The van der Waals surface area contributed by atoms with Gasteiger partial charge < -0.3 is 4.90 Å². The van der Waals surface area contributed by atoms with E-state index in [1.807, 2.05) is 23.1 Å². The van der Waals surface area contributed by atoms with Gasteiger partial charge in [-0.05, 0) is 43.7 Å². The van der Waals surface area contributed by atoms with Crippen molar-refractivity contribution in [3.8, 4) is 0 Å². The van der Waals surface area contributed by atoms with Crippen molar-refractivity contribution in [2.75, 3.05) is 6.54 Å². The fourth-order valence-electron chi connectivity index (χ4n) is 4.39. The average Bonchev–Trinajstić information content (AvgIpc) is 2.63. The van der Waals surface area contributed by atoms with Gasteiger partial charge in [-0.15, -0.1) is 0 Å². The van der Waals surface area contributed by atoms with Gasteiger partial charge in [0.25, 0.3) is 5.56 Å². The number of hydrogen-bond acceptors (Lipinski definition) is 3. The van der Waals surface area contributed by atoms with Crippen molar-refractivity contribution < 1.29 is 4.79 Å². The van der Waals surface area contributed by atoms with Crippen LogP contribution in [0.15, 0.2) is 35.4 Å². The summed E-state index contributed by atoms with van der Waals surface area (Å²) in [5.41, 5.74) is 0.544. The Labute approximate surface area is 141 Å². The van der Waals surface area contributed by atoms with Gasteiger partial charge in [0.05, 0.1) is 17.2 Å². The second-order valence-electron chi connectivity index (χ2n) is 7.04. The third kappa shape index (κ3) is 2.72. The van der Waals surface area contributed by atoms with E-state index in [0.717, 1.165) is 19.4 Å². The SMILES string of the molecule is O=C(Cn1cnc2ccccc2c1=O)N1CCC[C@@H]2CCCC[C@H]21. The van der Waals surface area contributed by atoms with Crippen molar-refractivity contribution in [2.24, 2.45) is 5.92 Å². The normalized spacial score (nSPS) is 23.9. The first kappa shape index (κ1) is 15.4. The molecular formula is C19H23N3O2. The highest BCUT2D eigenvalue weighted by Crippen LogP contribution is 2.35. The molecule has 2 atom stereocenters. The summed E-state index contributed by atoms with van der Waals surface area (Å²) in [5.74, 6) is 0.716. The van der Waals surface area contributed by atoms with Crippen LogP contribution in [0.5, 0.6) is 0 Å². The lowest BCUT2D eigenvalue weighted by molar-refractivity contribution is -0.138. The van der Waals surface area contributed by atoms with Gasteiger partial charge in [0.2, 0.25) is 5.91 Å². The van der Waals surface area contributed by atoms with Crippen molar-refractivity contribution in [3.05, 3.63) is 40.9 Å². The minimum Gasteiger partial charge on any atom is -0.338 e. The van der Waals surface area contributed by atoms with Crippen molar-refractivity contribution in [2.45, 2.75) is 51.1 Å². The molecule has 2 fully saturated rings. The molecule has 0 N–H and O–H groups in total. The third-order valence-electron chi connectivity index (χ3n) is 5.60. The van der Waals surface area contributed by atoms with Crippen LogP contribution in [0.25, 0.3) is 10.9 Å². The number of hydrogen-bond donors (Lipinski definition) is 0. The highest BCUT2D eigenvalue weighted by atomic mass is 16.2. The molecule has 2 aliphatic rings. The molecule has 1 aromatic carbocycles. The maximum Gasteiger partial charge on any atom is 0.261 e. The number of carbonyl (C=O) groups excluding carboxylic acids is 1. The van der Waals surface area contributed by atoms with Gasteiger partial charge in [-0.2, -0.15) is 0 Å². The fraction of sp³-hybridized carbons (Fsp3) is 0.526. The maximum absolute atomic E-state index is 12.8. The van der Waals surface area contributed by atoms with E-state index in [2.05, 4.69) is 4.98 Å². The Morgan fingerprint density at radius 3 is 2.83 bits per heavy atom. The van der Waals surface area contributed by atoms with E-state index in [1.54, 1.807) is 6.07 Å². The van der Waals surface area contributed by atoms with Gasteiger partial charge >= 0.3 is 0 Å². The first-order chi connectivity index (χ1) is 11.7. The zero-order valence-electron chi connectivity index (χ0n) is 13.9. The van der Waals surface area contributed by atoms with Gasteiger partial charge in [0.1, 0.15) is 6.54 Å². The maximum atomic E-state index is 12.8. The van der Waals surface area contributed by atoms with Crippen LogP contribution in [0.4, 0.5) is 0 Å². The molecule has 0 bridgehead atoms. The quantitative estimate of drug-likeness (QED) is 0.853. The van der Waals surface area contributed by atoms with Crippen LogP contribution in [-0.2, 0) is 11.3 Å². The lowest BCUT2D eigenvalue weighted by atomic mass is 9.78. The van der Waals surface area contributed by atoms with Crippen LogP contribution in [-0.4, -0.2) is 32.9 Å². The molecule has 24 heavy (non-hydrogen) atoms. The molecule has 1 amide bonds. The van der Waals surface area contributed by atoms with Gasteiger partial charge in [-0.3, -0.25) is 14.2 Å². The molecule has 0 radical (unpaired) electrons. The van der Waals surface area contributed by atoms with Crippen molar-refractivity contribution in [3.63, 3.8) is 0 Å². The summed E-state index contributed by atoms with van der Waals surface area (Å²) >= 11 is 0. The molecule has 0 unspecified atom stereocenters. The molecule has 2 aromatic rings. The summed E-state index contributed by atoms with van der Waals surface area (Å²) in [6, 6.07) is 7.66. The number of likely N-dealkylation sites (tertiary alicyclic amines) is 1. The molecule has 1 aromatic heterocycles. The first-order valence-corrected chi connectivity index (χ1v) is 8.98. The molecule has 126 valence electrons. The molecular weight excluding hydrogens is 302 g/mol. The van der Waals surface area contributed by atoms with E-state index >= 15 is 0 Å². The molecule has 1 saturated heterocycles. The minimum atomic E-state index is -0.133. The number of piperidine rings is 1. The predicted molar refractivity (Wildman–Crippen MR) is 92.7 cm³/mol. The van der Waals surface area contributed by atoms with E-state index < -0.39 is 0 Å². The molecule has 4 rings (SSSR count). The van der Waals surface area contributed by atoms with Crippen LogP contribution in [0.2, 0.25) is 0 Å². The van der Waals surface area contributed by atoms with Crippen LogP contribution < -0.4 is 5.56 Å². The summed E-state index contributed by atoms with van der Waals surface area (Å²) in [7, 11) is 0. The highest BCUT2D eigenvalue weighted by Gasteiger charge is 2.35. The zero-order chi connectivity index (χ0) is 16.5. The Balaban J connectivity index is 1.57. The zero-order valence-corrected chi connectivity index (χ0v) is 13.9. The molecule has 1 saturated carbocycles. The molecule has 1 aliphatic carbocycles. The van der Waals surface area contributed by atoms with E-state index in [4.69, 9.17) is 0 Å². The second kappa shape index (κ2) is 6.38. The van der Waals surface area contributed by atoms with Gasteiger partial charge in [0, 0.05) is 12.6 Å². The largest absolute Gasteiger partial charge is 0.338 e. The smallest absolute Gasteiger partial charge is 0.261 e. The number of amides is 1. The summed E-state index contributed by atoms with van der Waals surface area (Å²) in [6.07, 6.45) is 8.68. The third-order valence-corrected chi connectivity index (χ3v) is 5.60. The van der Waals surface area contributed by atoms with E-state index in [9.17, 15) is 9.59 Å². The molecule has 0 spiro atoms. The topological polar surface area (TPSA) is 55.2 Å². The predicted octanol–water partition coefficient (Wildman–Crippen LogP) is 2.58. The fourth-order valence-corrected chi connectivity index (χ4v) is 4.39. The lowest BCUT2D eigenvalue weighted by Crippen LogP contribution is -2.51.